The highest BCUT2D eigenvalue weighted by atomic mass is 16.8. The SMILES string of the molecule is CCCNC(=O)OC[C@H]1O[C@@](CO[C@]2(CO)O[C@H](CO)[C@H](O)C2O)(O[C@@H]2OC(CO)[C@@H](O)[C@H](O)C2O)C(O)[C@H]1O. The van der Waals surface area contributed by atoms with Gasteiger partial charge in [-0.15, -0.1) is 0 Å². The number of hydrogen-bond acceptors (Lipinski definition) is 17. The molecule has 3 heterocycles. The average molecular weight is 590 g/mol. The van der Waals surface area contributed by atoms with E-state index < -0.39 is 118 Å². The van der Waals surface area contributed by atoms with E-state index in [1.165, 1.54) is 0 Å². The molecule has 11 N–H and O–H groups in total. The molecule has 0 aromatic rings. The Morgan fingerprint density at radius 3 is 1.98 bits per heavy atom. The molecule has 1 amide bonds. The zero-order chi connectivity index (χ0) is 29.8. The summed E-state index contributed by atoms with van der Waals surface area (Å²) < 4.78 is 32.5. The van der Waals surface area contributed by atoms with Gasteiger partial charge in [-0.2, -0.15) is 0 Å². The second-order valence-electron chi connectivity index (χ2n) is 9.78. The van der Waals surface area contributed by atoms with E-state index in [-0.39, 0.29) is 0 Å². The summed E-state index contributed by atoms with van der Waals surface area (Å²) >= 11 is 0. The molecule has 4 unspecified atom stereocenters. The minimum absolute atomic E-state index is 0.291. The average Bonchev–Trinajstić information content (AvgIpc) is 3.34. The van der Waals surface area contributed by atoms with Gasteiger partial charge in [0.2, 0.25) is 11.6 Å². The Morgan fingerprint density at radius 2 is 1.40 bits per heavy atom. The van der Waals surface area contributed by atoms with Gasteiger partial charge in [-0.3, -0.25) is 0 Å². The minimum atomic E-state index is -2.56. The molecule has 18 nitrogen and oxygen atoms in total. The summed E-state index contributed by atoms with van der Waals surface area (Å²) in [6.45, 7) is -2.23. The highest BCUT2D eigenvalue weighted by Crippen LogP contribution is 2.40. The van der Waals surface area contributed by atoms with Crippen LogP contribution < -0.4 is 5.32 Å². The van der Waals surface area contributed by atoms with Crippen molar-refractivity contribution in [3.63, 3.8) is 0 Å². The van der Waals surface area contributed by atoms with Crippen LogP contribution in [0.2, 0.25) is 0 Å². The molecule has 18 heteroatoms. The van der Waals surface area contributed by atoms with Crippen LogP contribution in [0.15, 0.2) is 0 Å². The molecule has 0 aliphatic carbocycles. The number of hydrogen-bond donors (Lipinski definition) is 11. The van der Waals surface area contributed by atoms with Gasteiger partial charge in [0.15, 0.2) is 6.29 Å². The van der Waals surface area contributed by atoms with Gasteiger partial charge in [-0.25, -0.2) is 4.79 Å². The fraction of sp³-hybridized carbons (Fsp3) is 0.955. The highest BCUT2D eigenvalue weighted by molar-refractivity contribution is 5.67. The Labute approximate surface area is 228 Å². The van der Waals surface area contributed by atoms with Gasteiger partial charge in [0, 0.05) is 6.54 Å². The van der Waals surface area contributed by atoms with Crippen molar-refractivity contribution in [3.8, 4) is 0 Å². The van der Waals surface area contributed by atoms with Crippen molar-refractivity contribution in [2.24, 2.45) is 0 Å². The maximum absolute atomic E-state index is 11.9. The van der Waals surface area contributed by atoms with Gasteiger partial charge in [0.1, 0.15) is 80.9 Å². The van der Waals surface area contributed by atoms with Crippen LogP contribution in [0.25, 0.3) is 0 Å². The largest absolute Gasteiger partial charge is 0.447 e. The first kappa shape index (κ1) is 33.2. The van der Waals surface area contributed by atoms with Gasteiger partial charge in [0.25, 0.3) is 0 Å². The smallest absolute Gasteiger partial charge is 0.407 e. The predicted octanol–water partition coefficient (Wildman–Crippen LogP) is -6.43. The maximum atomic E-state index is 11.9. The number of alkyl carbamates (subject to hydrolysis) is 1. The molecule has 3 saturated heterocycles. The lowest BCUT2D eigenvalue weighted by Crippen LogP contribution is -2.63. The Bertz CT molecular complexity index is 822. The van der Waals surface area contributed by atoms with E-state index in [2.05, 4.69) is 5.32 Å². The van der Waals surface area contributed by atoms with E-state index in [9.17, 15) is 55.9 Å². The minimum Gasteiger partial charge on any atom is -0.447 e. The van der Waals surface area contributed by atoms with Gasteiger partial charge in [0.05, 0.1) is 13.2 Å². The molecule has 0 saturated carbocycles. The third kappa shape index (κ3) is 6.51. The van der Waals surface area contributed by atoms with Crippen molar-refractivity contribution in [2.45, 2.75) is 92.2 Å². The summed E-state index contributed by atoms with van der Waals surface area (Å²) in [4.78, 5) is 11.9. The molecule has 13 atom stereocenters. The number of carbonyl (C=O) groups excluding carboxylic acids is 1. The lowest BCUT2D eigenvalue weighted by atomic mass is 9.99. The number of ether oxygens (including phenoxy) is 6. The molecule has 40 heavy (non-hydrogen) atoms. The zero-order valence-corrected chi connectivity index (χ0v) is 21.6. The molecular formula is C22H39NO17. The van der Waals surface area contributed by atoms with Crippen molar-refractivity contribution in [2.75, 3.05) is 39.6 Å². The van der Waals surface area contributed by atoms with Crippen molar-refractivity contribution < 1.29 is 84.3 Å². The van der Waals surface area contributed by atoms with Gasteiger partial charge in [-0.05, 0) is 6.42 Å². The number of aliphatic hydroxyl groups excluding tert-OH is 10. The lowest BCUT2D eigenvalue weighted by Gasteiger charge is -2.44. The third-order valence-corrected chi connectivity index (χ3v) is 6.99. The molecule has 0 radical (unpaired) electrons. The summed E-state index contributed by atoms with van der Waals surface area (Å²) in [5.41, 5.74) is 0. The fourth-order valence-corrected chi connectivity index (χ4v) is 4.56. The monoisotopic (exact) mass is 589 g/mol. The normalized spacial score (nSPS) is 45.5. The summed E-state index contributed by atoms with van der Waals surface area (Å²) in [6.07, 6.45) is -19.7. The van der Waals surface area contributed by atoms with Crippen LogP contribution in [-0.4, -0.2) is 176 Å². The van der Waals surface area contributed by atoms with Crippen molar-refractivity contribution >= 4 is 6.09 Å². The molecule has 3 rings (SSSR count). The fourth-order valence-electron chi connectivity index (χ4n) is 4.56. The Morgan fingerprint density at radius 1 is 0.800 bits per heavy atom. The van der Waals surface area contributed by atoms with Crippen LogP contribution in [0.3, 0.4) is 0 Å². The standard InChI is InChI=1S/C22H39NO17/c1-2-3-23-20(34)35-6-11-14(29)18(33)22(39-11,40-19-16(31)15(30)12(27)9(4-24)37-19)8-36-21(7-26)17(32)13(28)10(5-25)38-21/h9-19,24-33H,2-8H2,1H3,(H,23,34)/t9?,10-,11-,12-,13+,14+,15+,16?,17?,18?,19+,21-,22+/m1/s1. The molecule has 0 spiro atoms. The maximum Gasteiger partial charge on any atom is 0.407 e. The first-order valence-corrected chi connectivity index (χ1v) is 12.7. The van der Waals surface area contributed by atoms with Crippen molar-refractivity contribution in [1.29, 1.82) is 0 Å². The second kappa shape index (κ2) is 13.8. The molecule has 0 aromatic carbocycles. The van der Waals surface area contributed by atoms with E-state index in [0.717, 1.165) is 0 Å². The first-order valence-electron chi connectivity index (χ1n) is 12.7. The number of aliphatic hydroxyl groups is 10. The lowest BCUT2D eigenvalue weighted by molar-refractivity contribution is -0.399. The van der Waals surface area contributed by atoms with E-state index >= 15 is 0 Å². The van der Waals surface area contributed by atoms with Crippen LogP contribution >= 0.6 is 0 Å². The molecule has 0 aromatic heterocycles. The van der Waals surface area contributed by atoms with E-state index in [1.807, 2.05) is 0 Å². The van der Waals surface area contributed by atoms with Crippen LogP contribution in [0, 0.1) is 0 Å². The summed E-state index contributed by atoms with van der Waals surface area (Å²) in [7, 11) is 0. The predicted molar refractivity (Wildman–Crippen MR) is 124 cm³/mol. The van der Waals surface area contributed by atoms with Gasteiger partial charge < -0.3 is 84.8 Å². The van der Waals surface area contributed by atoms with Gasteiger partial charge in [-0.1, -0.05) is 6.92 Å². The Balaban J connectivity index is 1.87. The van der Waals surface area contributed by atoms with Crippen LogP contribution in [0.4, 0.5) is 4.79 Å². The van der Waals surface area contributed by atoms with Gasteiger partial charge >= 0.3 is 6.09 Å². The molecule has 3 aliphatic heterocycles. The second-order valence-corrected chi connectivity index (χ2v) is 9.78. The molecule has 234 valence electrons. The summed E-state index contributed by atoms with van der Waals surface area (Å²) in [6, 6.07) is 0. The van der Waals surface area contributed by atoms with E-state index in [0.29, 0.717) is 13.0 Å². The summed E-state index contributed by atoms with van der Waals surface area (Å²) in [5, 5.41) is 104. The van der Waals surface area contributed by atoms with Crippen molar-refractivity contribution in [1.82, 2.24) is 5.32 Å². The number of nitrogens with one attached hydrogen (secondary N) is 1. The molecule has 3 aliphatic rings. The van der Waals surface area contributed by atoms with E-state index in [1.54, 1.807) is 6.92 Å². The molecule has 3 fully saturated rings. The zero-order valence-electron chi connectivity index (χ0n) is 21.6. The van der Waals surface area contributed by atoms with E-state index in [4.69, 9.17) is 28.4 Å². The van der Waals surface area contributed by atoms with Crippen LogP contribution in [-0.2, 0) is 28.4 Å². The summed E-state index contributed by atoms with van der Waals surface area (Å²) in [5.74, 6) is -4.95. The Hall–Kier alpha value is -1.33. The number of amides is 1. The third-order valence-electron chi connectivity index (χ3n) is 6.99. The number of carbonyl (C=O) groups is 1. The number of rotatable bonds is 12. The van der Waals surface area contributed by atoms with Crippen LogP contribution in [0.1, 0.15) is 13.3 Å². The quantitative estimate of drug-likeness (QED) is 0.101. The topological polar surface area (TPSA) is 287 Å². The first-order chi connectivity index (χ1) is 18.9. The van der Waals surface area contributed by atoms with Crippen LogP contribution in [0.5, 0.6) is 0 Å². The van der Waals surface area contributed by atoms with Crippen molar-refractivity contribution in [3.05, 3.63) is 0 Å². The Kier molecular flexibility index (Phi) is 11.4. The molecular weight excluding hydrogens is 550 g/mol. The highest BCUT2D eigenvalue weighted by Gasteiger charge is 2.62. The molecule has 0 bridgehead atoms.